The Balaban J connectivity index is 2.19. The highest BCUT2D eigenvalue weighted by Crippen LogP contribution is 2.16. The van der Waals surface area contributed by atoms with E-state index in [0.29, 0.717) is 19.0 Å². The summed E-state index contributed by atoms with van der Waals surface area (Å²) in [4.78, 5) is 6.09. The molecule has 0 spiro atoms. The van der Waals surface area contributed by atoms with E-state index in [2.05, 4.69) is 9.88 Å². The fraction of sp³-hybridized carbons (Fsp3) is 0.545. The summed E-state index contributed by atoms with van der Waals surface area (Å²) in [5, 5.41) is 0.0981. The molecule has 1 aliphatic rings. The van der Waals surface area contributed by atoms with Crippen molar-refractivity contribution in [2.24, 2.45) is 0 Å². The smallest absolute Gasteiger partial charge is 0.260 e. The van der Waals surface area contributed by atoms with E-state index in [1.807, 2.05) is 7.05 Å². The molecule has 5 nitrogen and oxygen atoms in total. The third-order valence-electron chi connectivity index (χ3n) is 3.02. The molecule has 0 aromatic carbocycles. The monoisotopic (exact) mass is 289 g/mol. The minimum Gasteiger partial charge on any atom is -0.304 e. The van der Waals surface area contributed by atoms with Gasteiger partial charge in [0, 0.05) is 38.3 Å². The summed E-state index contributed by atoms with van der Waals surface area (Å²) in [6, 6.07) is 3.22. The number of rotatable bonds is 3. The molecule has 1 aliphatic heterocycles. The lowest BCUT2D eigenvalue weighted by Gasteiger charge is -2.31. The normalized spacial score (nSPS) is 19.0. The number of hydrogen-bond donors (Lipinski definition) is 0. The number of pyridine rings is 1. The van der Waals surface area contributed by atoms with Crippen molar-refractivity contribution >= 4 is 21.6 Å². The molecule has 0 radical (unpaired) electrons. The molecule has 0 unspecified atom stereocenters. The van der Waals surface area contributed by atoms with E-state index >= 15 is 0 Å². The van der Waals surface area contributed by atoms with Crippen LogP contribution < -0.4 is 0 Å². The highest BCUT2D eigenvalue weighted by Gasteiger charge is 2.28. The molecule has 1 aromatic heterocycles. The summed E-state index contributed by atoms with van der Waals surface area (Å²) in [7, 11) is -1.47. The Morgan fingerprint density at radius 3 is 2.44 bits per heavy atom. The summed E-state index contributed by atoms with van der Waals surface area (Å²) in [5.74, 6) is 0.335. The van der Waals surface area contributed by atoms with Gasteiger partial charge in [0.1, 0.15) is 0 Å². The van der Waals surface area contributed by atoms with Gasteiger partial charge in [0.2, 0.25) is 0 Å². The Labute approximate surface area is 112 Å². The second kappa shape index (κ2) is 5.52. The van der Waals surface area contributed by atoms with Crippen LogP contribution in [0.2, 0.25) is 0 Å². The van der Waals surface area contributed by atoms with Crippen LogP contribution in [-0.2, 0) is 15.9 Å². The largest absolute Gasteiger partial charge is 0.304 e. The van der Waals surface area contributed by atoms with Crippen molar-refractivity contribution in [3.8, 4) is 0 Å². The predicted octanol–water partition coefficient (Wildman–Crippen LogP) is 0.756. The van der Waals surface area contributed by atoms with E-state index < -0.39 is 10.0 Å². The van der Waals surface area contributed by atoms with Crippen LogP contribution in [0.25, 0.3) is 0 Å². The first-order chi connectivity index (χ1) is 8.54. The lowest BCUT2D eigenvalue weighted by molar-refractivity contribution is 0.222. The van der Waals surface area contributed by atoms with E-state index in [-0.39, 0.29) is 5.03 Å². The van der Waals surface area contributed by atoms with E-state index in [9.17, 15) is 8.42 Å². The highest BCUT2D eigenvalue weighted by molar-refractivity contribution is 7.89. The topological polar surface area (TPSA) is 53.5 Å². The van der Waals surface area contributed by atoms with Crippen molar-refractivity contribution in [3.05, 3.63) is 23.9 Å². The van der Waals surface area contributed by atoms with Gasteiger partial charge in [-0.3, -0.25) is 0 Å². The average molecular weight is 290 g/mol. The molecule has 1 saturated heterocycles. The molecule has 1 fully saturated rings. The SMILES string of the molecule is CN1CCN(S(=O)(=O)c2ccc(CCl)cn2)CC1. The first-order valence-electron chi connectivity index (χ1n) is 5.73. The zero-order valence-electron chi connectivity index (χ0n) is 10.2. The Morgan fingerprint density at radius 2 is 1.94 bits per heavy atom. The maximum Gasteiger partial charge on any atom is 0.260 e. The fourth-order valence-electron chi connectivity index (χ4n) is 1.80. The van der Waals surface area contributed by atoms with Crippen LogP contribution in [-0.4, -0.2) is 55.8 Å². The molecule has 100 valence electrons. The number of nitrogens with zero attached hydrogens (tertiary/aromatic N) is 3. The third-order valence-corrected chi connectivity index (χ3v) is 5.14. The second-order valence-electron chi connectivity index (χ2n) is 4.35. The molecule has 2 heterocycles. The quantitative estimate of drug-likeness (QED) is 0.771. The van der Waals surface area contributed by atoms with E-state index in [4.69, 9.17) is 11.6 Å². The molecular formula is C11H16ClN3O2S. The molecule has 0 N–H and O–H groups in total. The van der Waals surface area contributed by atoms with Crippen molar-refractivity contribution in [3.63, 3.8) is 0 Å². The summed E-state index contributed by atoms with van der Waals surface area (Å²) in [5.41, 5.74) is 0.814. The van der Waals surface area contributed by atoms with Crippen LogP contribution in [0.4, 0.5) is 0 Å². The van der Waals surface area contributed by atoms with E-state index in [1.54, 1.807) is 6.07 Å². The average Bonchev–Trinajstić information content (AvgIpc) is 2.39. The van der Waals surface area contributed by atoms with Crippen LogP contribution in [0.5, 0.6) is 0 Å². The van der Waals surface area contributed by atoms with Crippen LogP contribution in [0, 0.1) is 0 Å². The lowest BCUT2D eigenvalue weighted by Crippen LogP contribution is -2.47. The van der Waals surface area contributed by atoms with E-state index in [0.717, 1.165) is 18.7 Å². The summed E-state index contributed by atoms with van der Waals surface area (Å²) < 4.78 is 26.1. The van der Waals surface area contributed by atoms with E-state index in [1.165, 1.54) is 16.6 Å². The fourth-order valence-corrected chi connectivity index (χ4v) is 3.30. The minimum absolute atomic E-state index is 0.0981. The number of sulfonamides is 1. The number of halogens is 1. The maximum absolute atomic E-state index is 12.3. The van der Waals surface area contributed by atoms with Gasteiger partial charge in [0.15, 0.2) is 5.03 Å². The minimum atomic E-state index is -3.46. The Morgan fingerprint density at radius 1 is 1.28 bits per heavy atom. The van der Waals surface area contributed by atoms with Gasteiger partial charge in [0.25, 0.3) is 10.0 Å². The maximum atomic E-state index is 12.3. The predicted molar refractivity (Wildman–Crippen MR) is 70.0 cm³/mol. The number of piperazine rings is 1. The van der Waals surface area contributed by atoms with Crippen LogP contribution in [0.3, 0.4) is 0 Å². The molecule has 18 heavy (non-hydrogen) atoms. The molecule has 0 bridgehead atoms. The standard InChI is InChI=1S/C11H16ClN3O2S/c1-14-4-6-15(7-5-14)18(16,17)11-3-2-10(8-12)9-13-11/h2-3,9H,4-8H2,1H3. The molecule has 0 aliphatic carbocycles. The molecule has 0 saturated carbocycles. The van der Waals surface area contributed by atoms with Gasteiger partial charge in [-0.1, -0.05) is 6.07 Å². The summed E-state index contributed by atoms with van der Waals surface area (Å²) in [6.45, 7) is 2.52. The Kier molecular flexibility index (Phi) is 4.21. The van der Waals surface area contributed by atoms with Crippen LogP contribution >= 0.6 is 11.6 Å². The van der Waals surface area contributed by atoms with Crippen LogP contribution in [0.1, 0.15) is 5.56 Å². The molecule has 0 amide bonds. The van der Waals surface area contributed by atoms with Crippen LogP contribution in [0.15, 0.2) is 23.4 Å². The van der Waals surface area contributed by atoms with Gasteiger partial charge >= 0.3 is 0 Å². The second-order valence-corrected chi connectivity index (χ2v) is 6.50. The zero-order chi connectivity index (χ0) is 13.2. The van der Waals surface area contributed by atoms with Crippen molar-refractivity contribution in [1.82, 2.24) is 14.2 Å². The first kappa shape index (κ1) is 13.7. The first-order valence-corrected chi connectivity index (χ1v) is 7.71. The van der Waals surface area contributed by atoms with Crippen molar-refractivity contribution in [2.45, 2.75) is 10.9 Å². The van der Waals surface area contributed by atoms with Gasteiger partial charge in [-0.25, -0.2) is 13.4 Å². The molecular weight excluding hydrogens is 274 g/mol. The summed E-state index contributed by atoms with van der Waals surface area (Å²) in [6.07, 6.45) is 1.51. The number of aromatic nitrogens is 1. The number of alkyl halides is 1. The van der Waals surface area contributed by atoms with Crippen molar-refractivity contribution in [2.75, 3.05) is 33.2 Å². The number of likely N-dealkylation sites (N-methyl/N-ethyl adjacent to an activating group) is 1. The zero-order valence-corrected chi connectivity index (χ0v) is 11.8. The summed E-state index contributed by atoms with van der Waals surface area (Å²) >= 11 is 5.65. The van der Waals surface area contributed by atoms with Gasteiger partial charge in [0.05, 0.1) is 0 Å². The lowest BCUT2D eigenvalue weighted by atomic mass is 10.3. The Bertz CT molecular complexity index is 496. The molecule has 1 aromatic rings. The third kappa shape index (κ3) is 2.83. The molecule has 2 rings (SSSR count). The molecule has 0 atom stereocenters. The van der Waals surface area contributed by atoms with Gasteiger partial charge in [-0.2, -0.15) is 4.31 Å². The van der Waals surface area contributed by atoms with Gasteiger partial charge < -0.3 is 4.90 Å². The van der Waals surface area contributed by atoms with Crippen molar-refractivity contribution < 1.29 is 8.42 Å². The molecule has 7 heteroatoms. The van der Waals surface area contributed by atoms with Crippen molar-refractivity contribution in [1.29, 1.82) is 0 Å². The highest BCUT2D eigenvalue weighted by atomic mass is 35.5. The Hall–Kier alpha value is -0.690. The number of hydrogen-bond acceptors (Lipinski definition) is 4. The van der Waals surface area contributed by atoms with Gasteiger partial charge in [-0.05, 0) is 18.7 Å². The van der Waals surface area contributed by atoms with Gasteiger partial charge in [-0.15, -0.1) is 11.6 Å².